The molecule has 7 nitrogen and oxygen atoms in total. The summed E-state index contributed by atoms with van der Waals surface area (Å²) in [7, 11) is -2.66. The molecule has 0 aliphatic rings. The predicted octanol–water partition coefficient (Wildman–Crippen LogP) is 4.26. The monoisotopic (exact) mass is 488 g/mol. The van der Waals surface area contributed by atoms with Gasteiger partial charge in [0.2, 0.25) is 5.91 Å². The number of nitrogens with one attached hydrogen (secondary N) is 1. The van der Waals surface area contributed by atoms with Crippen LogP contribution in [0.15, 0.2) is 77.7 Å². The number of sulfonamides is 1. The molecule has 0 aromatic heterocycles. The van der Waals surface area contributed by atoms with Crippen molar-refractivity contribution in [3.05, 3.63) is 83.4 Å². The molecule has 0 fully saturated rings. The minimum atomic E-state index is -4.08. The Hall–Kier alpha value is -3.23. The van der Waals surface area contributed by atoms with Crippen molar-refractivity contribution in [2.75, 3.05) is 24.6 Å². The van der Waals surface area contributed by atoms with Crippen molar-refractivity contribution in [3.63, 3.8) is 0 Å². The summed E-state index contributed by atoms with van der Waals surface area (Å²) in [5, 5.41) is 3.08. The second kappa shape index (κ2) is 11.1. The van der Waals surface area contributed by atoms with E-state index < -0.39 is 22.5 Å². The Morgan fingerprint density at radius 1 is 1.03 bits per heavy atom. The lowest BCUT2D eigenvalue weighted by Crippen LogP contribution is -2.40. The van der Waals surface area contributed by atoms with Crippen LogP contribution < -0.4 is 19.1 Å². The lowest BCUT2D eigenvalue weighted by molar-refractivity contribution is -0.119. The first-order valence-corrected chi connectivity index (χ1v) is 12.1. The highest BCUT2D eigenvalue weighted by molar-refractivity contribution is 7.92. The first-order chi connectivity index (χ1) is 15.8. The Labute approximate surface area is 198 Å². The van der Waals surface area contributed by atoms with Crippen LogP contribution in [0.5, 0.6) is 11.5 Å². The van der Waals surface area contributed by atoms with Crippen molar-refractivity contribution in [2.24, 2.45) is 0 Å². The minimum absolute atomic E-state index is 0.0456. The second-order valence-corrected chi connectivity index (χ2v) is 9.30. The Morgan fingerprint density at radius 2 is 1.79 bits per heavy atom. The third kappa shape index (κ3) is 6.18. The fourth-order valence-corrected chi connectivity index (χ4v) is 4.79. The van der Waals surface area contributed by atoms with E-state index in [0.29, 0.717) is 17.4 Å². The zero-order valence-electron chi connectivity index (χ0n) is 18.3. The largest absolute Gasteiger partial charge is 0.495 e. The Morgan fingerprint density at radius 3 is 2.48 bits per heavy atom. The van der Waals surface area contributed by atoms with E-state index in [2.05, 4.69) is 5.32 Å². The van der Waals surface area contributed by atoms with Crippen molar-refractivity contribution < 1.29 is 22.7 Å². The molecule has 0 radical (unpaired) electrons. The van der Waals surface area contributed by atoms with Gasteiger partial charge in [-0.2, -0.15) is 0 Å². The van der Waals surface area contributed by atoms with Gasteiger partial charge in [-0.3, -0.25) is 9.10 Å². The van der Waals surface area contributed by atoms with Gasteiger partial charge in [-0.05, 0) is 55.0 Å². The van der Waals surface area contributed by atoms with Gasteiger partial charge in [-0.25, -0.2) is 8.42 Å². The Balaban J connectivity index is 1.88. The second-order valence-electron chi connectivity index (χ2n) is 7.00. The lowest BCUT2D eigenvalue weighted by Gasteiger charge is -2.26. The highest BCUT2D eigenvalue weighted by Crippen LogP contribution is 2.34. The van der Waals surface area contributed by atoms with Gasteiger partial charge in [-0.15, -0.1) is 0 Å². The third-order valence-electron chi connectivity index (χ3n) is 4.73. The summed E-state index contributed by atoms with van der Waals surface area (Å²) in [6.45, 7) is 2.18. The van der Waals surface area contributed by atoms with Gasteiger partial charge in [-0.1, -0.05) is 41.9 Å². The molecular weight excluding hydrogens is 464 g/mol. The van der Waals surface area contributed by atoms with E-state index in [-0.39, 0.29) is 22.9 Å². The van der Waals surface area contributed by atoms with Crippen LogP contribution in [0.4, 0.5) is 5.69 Å². The van der Waals surface area contributed by atoms with Crippen molar-refractivity contribution in [1.29, 1.82) is 0 Å². The van der Waals surface area contributed by atoms with E-state index in [9.17, 15) is 13.2 Å². The molecule has 33 heavy (non-hydrogen) atoms. The van der Waals surface area contributed by atoms with Crippen LogP contribution in [0.1, 0.15) is 12.5 Å². The molecule has 0 aliphatic carbocycles. The summed E-state index contributed by atoms with van der Waals surface area (Å²) in [5.74, 6) is 0.482. The highest BCUT2D eigenvalue weighted by Gasteiger charge is 2.29. The smallest absolute Gasteiger partial charge is 0.264 e. The van der Waals surface area contributed by atoms with Gasteiger partial charge in [0.1, 0.15) is 18.0 Å². The molecule has 0 unspecified atom stereocenters. The number of halogens is 1. The van der Waals surface area contributed by atoms with Crippen molar-refractivity contribution in [3.8, 4) is 11.5 Å². The zero-order valence-corrected chi connectivity index (χ0v) is 19.9. The van der Waals surface area contributed by atoms with Crippen LogP contribution in [0.2, 0.25) is 5.02 Å². The number of rotatable bonds is 10. The van der Waals surface area contributed by atoms with Crippen LogP contribution in [0.3, 0.4) is 0 Å². The molecule has 0 atom stereocenters. The SMILES string of the molecule is CCOc1cccc(CNC(=O)CN(c2cc(Cl)ccc2OC)S(=O)(=O)c2ccccc2)c1. The predicted molar refractivity (Wildman–Crippen MR) is 128 cm³/mol. The van der Waals surface area contributed by atoms with Crippen LogP contribution >= 0.6 is 11.6 Å². The van der Waals surface area contributed by atoms with Crippen molar-refractivity contribution in [1.82, 2.24) is 5.32 Å². The van der Waals surface area contributed by atoms with E-state index in [1.807, 2.05) is 31.2 Å². The Kier molecular flexibility index (Phi) is 8.19. The lowest BCUT2D eigenvalue weighted by atomic mass is 10.2. The van der Waals surface area contributed by atoms with Gasteiger partial charge in [0.15, 0.2) is 0 Å². The van der Waals surface area contributed by atoms with E-state index in [1.54, 1.807) is 30.3 Å². The average molecular weight is 489 g/mol. The maximum Gasteiger partial charge on any atom is 0.264 e. The number of amides is 1. The number of carbonyl (C=O) groups is 1. The van der Waals surface area contributed by atoms with E-state index in [4.69, 9.17) is 21.1 Å². The molecule has 0 aliphatic heterocycles. The quantitative estimate of drug-likeness (QED) is 0.461. The van der Waals surface area contributed by atoms with E-state index >= 15 is 0 Å². The Bertz CT molecular complexity index is 1200. The number of ether oxygens (including phenoxy) is 2. The summed E-state index contributed by atoms with van der Waals surface area (Å²) >= 11 is 6.14. The number of anilines is 1. The topological polar surface area (TPSA) is 84.9 Å². The van der Waals surface area contributed by atoms with Gasteiger partial charge in [0.25, 0.3) is 10.0 Å². The standard InChI is InChI=1S/C24H25ClN2O5S/c1-3-32-20-9-7-8-18(14-20)16-26-24(28)17-27(22-15-19(25)12-13-23(22)31-2)33(29,30)21-10-5-4-6-11-21/h4-15H,3,16-17H2,1-2H3,(H,26,28). The molecule has 0 heterocycles. The van der Waals surface area contributed by atoms with Crippen LogP contribution in [-0.2, 0) is 21.4 Å². The van der Waals surface area contributed by atoms with Crippen molar-refractivity contribution >= 4 is 33.2 Å². The van der Waals surface area contributed by atoms with Gasteiger partial charge in [0, 0.05) is 11.6 Å². The molecule has 0 saturated heterocycles. The number of carbonyl (C=O) groups excluding carboxylic acids is 1. The van der Waals surface area contributed by atoms with E-state index in [1.165, 1.54) is 25.3 Å². The number of hydrogen-bond acceptors (Lipinski definition) is 5. The molecule has 3 aromatic rings. The summed E-state index contributed by atoms with van der Waals surface area (Å²) in [4.78, 5) is 12.9. The van der Waals surface area contributed by atoms with Crippen LogP contribution in [0.25, 0.3) is 0 Å². The molecule has 1 N–H and O–H groups in total. The number of hydrogen-bond donors (Lipinski definition) is 1. The first kappa shape index (κ1) is 24.4. The molecule has 174 valence electrons. The molecule has 0 bridgehead atoms. The highest BCUT2D eigenvalue weighted by atomic mass is 35.5. The molecule has 0 saturated carbocycles. The summed E-state index contributed by atoms with van der Waals surface area (Å²) < 4.78 is 38.8. The number of nitrogens with zero attached hydrogens (tertiary/aromatic N) is 1. The summed E-state index contributed by atoms with van der Waals surface area (Å²) in [6.07, 6.45) is 0. The fraction of sp³-hybridized carbons (Fsp3) is 0.208. The maximum atomic E-state index is 13.5. The summed E-state index contributed by atoms with van der Waals surface area (Å²) in [5.41, 5.74) is 0.995. The molecule has 3 aromatic carbocycles. The van der Waals surface area contributed by atoms with Gasteiger partial charge < -0.3 is 14.8 Å². The summed E-state index contributed by atoms with van der Waals surface area (Å²) in [6, 6.07) is 19.8. The number of benzene rings is 3. The number of methoxy groups -OCH3 is 1. The minimum Gasteiger partial charge on any atom is -0.495 e. The zero-order chi connectivity index (χ0) is 23.8. The molecule has 9 heteroatoms. The molecule has 0 spiro atoms. The molecular formula is C24H25ClN2O5S. The third-order valence-corrected chi connectivity index (χ3v) is 6.74. The first-order valence-electron chi connectivity index (χ1n) is 10.2. The van der Waals surface area contributed by atoms with Gasteiger partial charge in [0.05, 0.1) is 24.3 Å². The fourth-order valence-electron chi connectivity index (χ4n) is 3.18. The molecule has 1 amide bonds. The van der Waals surface area contributed by atoms with Gasteiger partial charge >= 0.3 is 0 Å². The maximum absolute atomic E-state index is 13.5. The van der Waals surface area contributed by atoms with E-state index in [0.717, 1.165) is 9.87 Å². The van der Waals surface area contributed by atoms with Crippen LogP contribution in [-0.4, -0.2) is 34.6 Å². The molecule has 3 rings (SSSR count). The van der Waals surface area contributed by atoms with Crippen LogP contribution in [0, 0.1) is 0 Å². The van der Waals surface area contributed by atoms with Crippen molar-refractivity contribution in [2.45, 2.75) is 18.4 Å². The average Bonchev–Trinajstić information content (AvgIpc) is 2.82. The normalized spacial score (nSPS) is 11.0.